The van der Waals surface area contributed by atoms with E-state index in [2.05, 4.69) is 27.1 Å². The van der Waals surface area contributed by atoms with Crippen LogP contribution in [0.15, 0.2) is 48.7 Å². The third-order valence-corrected chi connectivity index (χ3v) is 4.39. The fraction of sp³-hybridized carbons (Fsp3) is 0.300. The molecule has 0 radical (unpaired) electrons. The topological polar surface area (TPSA) is 64.3 Å². The number of fused-ring (bicyclic) bond motifs is 1. The standard InChI is InChI=1S/C20H25N5O/c1-4-21-17-10-7-11-22-19(17)24(2)12-13-25(3)20(26)18-14-15-8-5-6-9-16(15)23-18/h5-11,14,21,23H,4,12-13H2,1-3H3. The molecule has 1 amide bonds. The van der Waals surface area contributed by atoms with E-state index in [1.165, 1.54) is 0 Å². The molecule has 2 N–H and O–H groups in total. The van der Waals surface area contributed by atoms with Crippen LogP contribution in [-0.2, 0) is 0 Å². The van der Waals surface area contributed by atoms with Gasteiger partial charge >= 0.3 is 0 Å². The molecule has 0 saturated heterocycles. The summed E-state index contributed by atoms with van der Waals surface area (Å²) >= 11 is 0. The lowest BCUT2D eigenvalue weighted by molar-refractivity contribution is 0.0794. The SMILES string of the molecule is CCNc1cccnc1N(C)CCN(C)C(=O)c1cc2ccccc2[nH]1. The Morgan fingerprint density at radius 2 is 1.96 bits per heavy atom. The molecular formula is C20H25N5O. The number of hydrogen-bond donors (Lipinski definition) is 2. The summed E-state index contributed by atoms with van der Waals surface area (Å²) in [5.41, 5.74) is 2.59. The van der Waals surface area contributed by atoms with Crippen molar-refractivity contribution in [3.63, 3.8) is 0 Å². The average Bonchev–Trinajstić information content (AvgIpc) is 3.10. The van der Waals surface area contributed by atoms with Gasteiger partial charge in [-0.15, -0.1) is 0 Å². The highest BCUT2D eigenvalue weighted by Crippen LogP contribution is 2.21. The molecule has 0 atom stereocenters. The molecule has 0 fully saturated rings. The largest absolute Gasteiger partial charge is 0.382 e. The maximum absolute atomic E-state index is 12.7. The summed E-state index contributed by atoms with van der Waals surface area (Å²) in [5, 5.41) is 4.36. The highest BCUT2D eigenvalue weighted by Gasteiger charge is 2.16. The molecule has 1 aromatic carbocycles. The zero-order valence-corrected chi connectivity index (χ0v) is 15.5. The number of hydrogen-bond acceptors (Lipinski definition) is 4. The summed E-state index contributed by atoms with van der Waals surface area (Å²) in [6.07, 6.45) is 1.78. The van der Waals surface area contributed by atoms with Gasteiger partial charge in [-0.2, -0.15) is 0 Å². The van der Waals surface area contributed by atoms with Gasteiger partial charge in [-0.25, -0.2) is 4.98 Å². The predicted octanol–water partition coefficient (Wildman–Crippen LogP) is 3.20. The van der Waals surface area contributed by atoms with E-state index >= 15 is 0 Å². The zero-order chi connectivity index (χ0) is 18.5. The quantitative estimate of drug-likeness (QED) is 0.686. The number of amides is 1. The predicted molar refractivity (Wildman–Crippen MR) is 107 cm³/mol. The average molecular weight is 351 g/mol. The number of nitrogens with one attached hydrogen (secondary N) is 2. The monoisotopic (exact) mass is 351 g/mol. The number of aromatic amines is 1. The van der Waals surface area contributed by atoms with Gasteiger partial charge in [0, 0.05) is 50.8 Å². The smallest absolute Gasteiger partial charge is 0.270 e. The van der Waals surface area contributed by atoms with Gasteiger partial charge in [0.2, 0.25) is 0 Å². The molecular weight excluding hydrogens is 326 g/mol. The van der Waals surface area contributed by atoms with E-state index in [9.17, 15) is 4.79 Å². The van der Waals surface area contributed by atoms with Gasteiger partial charge in [-0.05, 0) is 31.2 Å². The van der Waals surface area contributed by atoms with E-state index in [-0.39, 0.29) is 5.91 Å². The number of benzene rings is 1. The minimum Gasteiger partial charge on any atom is -0.382 e. The molecule has 0 saturated carbocycles. The molecule has 6 nitrogen and oxygen atoms in total. The van der Waals surface area contributed by atoms with Crippen molar-refractivity contribution in [3.8, 4) is 0 Å². The van der Waals surface area contributed by atoms with E-state index in [0.717, 1.165) is 29.0 Å². The lowest BCUT2D eigenvalue weighted by Crippen LogP contribution is -2.35. The molecule has 0 bridgehead atoms. The van der Waals surface area contributed by atoms with Gasteiger partial charge in [0.05, 0.1) is 5.69 Å². The molecule has 0 unspecified atom stereocenters. The van der Waals surface area contributed by atoms with Crippen LogP contribution in [0.25, 0.3) is 10.9 Å². The van der Waals surface area contributed by atoms with Crippen LogP contribution in [-0.4, -0.2) is 54.5 Å². The van der Waals surface area contributed by atoms with Crippen molar-refractivity contribution in [1.29, 1.82) is 0 Å². The molecule has 0 spiro atoms. The molecule has 0 aliphatic rings. The van der Waals surface area contributed by atoms with Crippen LogP contribution in [0.3, 0.4) is 0 Å². The molecule has 26 heavy (non-hydrogen) atoms. The number of carbonyl (C=O) groups is 1. The Morgan fingerprint density at radius 3 is 2.73 bits per heavy atom. The maximum Gasteiger partial charge on any atom is 0.270 e. The van der Waals surface area contributed by atoms with Crippen LogP contribution in [0.5, 0.6) is 0 Å². The van der Waals surface area contributed by atoms with Crippen LogP contribution in [0.4, 0.5) is 11.5 Å². The lowest BCUT2D eigenvalue weighted by Gasteiger charge is -2.24. The molecule has 2 heterocycles. The molecule has 3 aromatic rings. The number of pyridine rings is 1. The van der Waals surface area contributed by atoms with Gasteiger partial charge in [-0.3, -0.25) is 4.79 Å². The third-order valence-electron chi connectivity index (χ3n) is 4.39. The van der Waals surface area contributed by atoms with Gasteiger partial charge in [0.25, 0.3) is 5.91 Å². The van der Waals surface area contributed by atoms with Crippen molar-refractivity contribution >= 4 is 28.3 Å². The number of carbonyl (C=O) groups excluding carboxylic acids is 1. The molecule has 136 valence electrons. The van der Waals surface area contributed by atoms with Crippen LogP contribution in [0, 0.1) is 0 Å². The Labute approximate surface area is 153 Å². The minimum absolute atomic E-state index is 0.0115. The molecule has 0 aliphatic heterocycles. The van der Waals surface area contributed by atoms with Crippen LogP contribution in [0.2, 0.25) is 0 Å². The first-order chi connectivity index (χ1) is 12.6. The second kappa shape index (κ2) is 7.91. The second-order valence-corrected chi connectivity index (χ2v) is 6.32. The molecule has 6 heteroatoms. The lowest BCUT2D eigenvalue weighted by atomic mass is 10.2. The second-order valence-electron chi connectivity index (χ2n) is 6.32. The summed E-state index contributed by atoms with van der Waals surface area (Å²) < 4.78 is 0. The van der Waals surface area contributed by atoms with Crippen molar-refractivity contribution in [2.45, 2.75) is 6.92 Å². The maximum atomic E-state index is 12.7. The van der Waals surface area contributed by atoms with Gasteiger partial charge in [-0.1, -0.05) is 18.2 Å². The van der Waals surface area contributed by atoms with Crippen LogP contribution >= 0.6 is 0 Å². The molecule has 2 aromatic heterocycles. The van der Waals surface area contributed by atoms with E-state index in [1.54, 1.807) is 11.1 Å². The van der Waals surface area contributed by atoms with Crippen molar-refractivity contribution in [2.75, 3.05) is 43.9 Å². The van der Waals surface area contributed by atoms with Crippen LogP contribution < -0.4 is 10.2 Å². The highest BCUT2D eigenvalue weighted by molar-refractivity contribution is 5.97. The number of rotatable bonds is 7. The fourth-order valence-electron chi connectivity index (χ4n) is 2.93. The van der Waals surface area contributed by atoms with Gasteiger partial charge in [0.1, 0.15) is 5.69 Å². The van der Waals surface area contributed by atoms with Crippen molar-refractivity contribution in [3.05, 3.63) is 54.4 Å². The summed E-state index contributed by atoms with van der Waals surface area (Å²) in [6.45, 7) is 4.19. The Hall–Kier alpha value is -3.02. The fourth-order valence-corrected chi connectivity index (χ4v) is 2.93. The first-order valence-corrected chi connectivity index (χ1v) is 8.83. The normalized spacial score (nSPS) is 10.7. The Morgan fingerprint density at radius 1 is 1.15 bits per heavy atom. The van der Waals surface area contributed by atoms with E-state index in [1.807, 2.05) is 56.6 Å². The number of aromatic nitrogens is 2. The number of nitrogens with zero attached hydrogens (tertiary/aromatic N) is 3. The Balaban J connectivity index is 1.64. The molecule has 3 rings (SSSR count). The van der Waals surface area contributed by atoms with E-state index in [4.69, 9.17) is 0 Å². The minimum atomic E-state index is -0.0115. The zero-order valence-electron chi connectivity index (χ0n) is 15.5. The molecule has 0 aliphatic carbocycles. The van der Waals surface area contributed by atoms with Crippen molar-refractivity contribution in [2.24, 2.45) is 0 Å². The number of likely N-dealkylation sites (N-methyl/N-ethyl adjacent to an activating group) is 2. The van der Waals surface area contributed by atoms with Gasteiger partial charge < -0.3 is 20.1 Å². The Kier molecular flexibility index (Phi) is 5.41. The third kappa shape index (κ3) is 3.79. The van der Waals surface area contributed by atoms with Gasteiger partial charge in [0.15, 0.2) is 5.82 Å². The Bertz CT molecular complexity index is 856. The summed E-state index contributed by atoms with van der Waals surface area (Å²) in [7, 11) is 3.82. The summed E-state index contributed by atoms with van der Waals surface area (Å²) in [6, 6.07) is 13.7. The van der Waals surface area contributed by atoms with Crippen molar-refractivity contribution < 1.29 is 4.79 Å². The first-order valence-electron chi connectivity index (χ1n) is 8.83. The first kappa shape index (κ1) is 17.8. The van der Waals surface area contributed by atoms with E-state index < -0.39 is 0 Å². The van der Waals surface area contributed by atoms with Crippen molar-refractivity contribution in [1.82, 2.24) is 14.9 Å². The van der Waals surface area contributed by atoms with Crippen LogP contribution in [0.1, 0.15) is 17.4 Å². The summed E-state index contributed by atoms with van der Waals surface area (Å²) in [5.74, 6) is 0.878. The highest BCUT2D eigenvalue weighted by atomic mass is 16.2. The number of para-hydroxylation sites is 1. The van der Waals surface area contributed by atoms with E-state index in [0.29, 0.717) is 18.8 Å². The number of H-pyrrole nitrogens is 1. The summed E-state index contributed by atoms with van der Waals surface area (Å²) in [4.78, 5) is 24.1. The number of anilines is 2.